The predicted octanol–water partition coefficient (Wildman–Crippen LogP) is 1.41. The average Bonchev–Trinajstić information content (AvgIpc) is 2.76. The highest BCUT2D eigenvalue weighted by molar-refractivity contribution is 5.88. The number of amides is 1. The van der Waals surface area contributed by atoms with Crippen LogP contribution in [0.1, 0.15) is 29.3 Å². The molecular formula is C14H18N2O3. The number of hydrogen-bond acceptors (Lipinski definition) is 3. The van der Waals surface area contributed by atoms with Crippen molar-refractivity contribution >= 4 is 17.6 Å². The van der Waals surface area contributed by atoms with E-state index in [9.17, 15) is 9.59 Å². The molecule has 0 bridgehead atoms. The van der Waals surface area contributed by atoms with Gasteiger partial charge in [0.25, 0.3) is 0 Å². The zero-order valence-corrected chi connectivity index (χ0v) is 11.1. The lowest BCUT2D eigenvalue weighted by molar-refractivity contribution is -0.119. The van der Waals surface area contributed by atoms with Crippen molar-refractivity contribution in [3.05, 3.63) is 29.3 Å². The zero-order chi connectivity index (χ0) is 14.0. The van der Waals surface area contributed by atoms with Crippen molar-refractivity contribution in [3.63, 3.8) is 0 Å². The number of carbonyl (C=O) groups excluding carboxylic acids is 1. The molecule has 1 aliphatic rings. The summed E-state index contributed by atoms with van der Waals surface area (Å²) in [5.41, 5.74) is 2.29. The van der Waals surface area contributed by atoms with Crippen LogP contribution in [-0.2, 0) is 4.79 Å². The van der Waals surface area contributed by atoms with Crippen molar-refractivity contribution in [3.8, 4) is 0 Å². The summed E-state index contributed by atoms with van der Waals surface area (Å²) >= 11 is 0. The summed E-state index contributed by atoms with van der Waals surface area (Å²) in [5, 5.41) is 11.9. The smallest absolute Gasteiger partial charge is 0.335 e. The number of rotatable bonds is 3. The standard InChI is InChI=1S/C14H18N2O3/c1-9-7-11(14(18)19)3-4-13(9)16-6-5-12(8-16)15-10(2)17/h3-4,7,12H,5-6,8H2,1-2H3,(H,15,17)(H,18,19). The van der Waals surface area contributed by atoms with Crippen LogP contribution in [0.4, 0.5) is 5.69 Å². The Morgan fingerprint density at radius 2 is 2.16 bits per heavy atom. The maximum atomic E-state index is 11.0. The van der Waals surface area contributed by atoms with Crippen molar-refractivity contribution in [1.82, 2.24) is 5.32 Å². The molecule has 5 nitrogen and oxygen atoms in total. The van der Waals surface area contributed by atoms with Gasteiger partial charge in [-0.3, -0.25) is 4.79 Å². The third-order valence-corrected chi connectivity index (χ3v) is 3.38. The number of nitrogens with one attached hydrogen (secondary N) is 1. The fraction of sp³-hybridized carbons (Fsp3) is 0.429. The van der Waals surface area contributed by atoms with Crippen LogP contribution in [-0.4, -0.2) is 36.1 Å². The van der Waals surface area contributed by atoms with Gasteiger partial charge in [-0.05, 0) is 37.1 Å². The molecule has 1 heterocycles. The Labute approximate surface area is 112 Å². The van der Waals surface area contributed by atoms with E-state index in [4.69, 9.17) is 5.11 Å². The largest absolute Gasteiger partial charge is 0.478 e. The summed E-state index contributed by atoms with van der Waals surface area (Å²) in [6.45, 7) is 5.08. The molecule has 0 aliphatic carbocycles. The summed E-state index contributed by atoms with van der Waals surface area (Å²) in [4.78, 5) is 24.1. The number of anilines is 1. The highest BCUT2D eigenvalue weighted by Crippen LogP contribution is 2.25. The second kappa shape index (κ2) is 5.30. The number of carbonyl (C=O) groups is 2. The van der Waals surface area contributed by atoms with Crippen molar-refractivity contribution < 1.29 is 14.7 Å². The first kappa shape index (κ1) is 13.4. The van der Waals surface area contributed by atoms with E-state index < -0.39 is 5.97 Å². The van der Waals surface area contributed by atoms with Crippen molar-refractivity contribution in [2.24, 2.45) is 0 Å². The van der Waals surface area contributed by atoms with E-state index in [1.807, 2.05) is 13.0 Å². The minimum atomic E-state index is -0.910. The molecule has 0 spiro atoms. The van der Waals surface area contributed by atoms with Crippen LogP contribution in [0.25, 0.3) is 0 Å². The molecule has 1 saturated heterocycles. The Morgan fingerprint density at radius 1 is 1.42 bits per heavy atom. The van der Waals surface area contributed by atoms with E-state index in [0.29, 0.717) is 5.56 Å². The Hall–Kier alpha value is -2.04. The lowest BCUT2D eigenvalue weighted by Crippen LogP contribution is -2.35. The molecule has 19 heavy (non-hydrogen) atoms. The maximum Gasteiger partial charge on any atom is 0.335 e. The minimum Gasteiger partial charge on any atom is -0.478 e. The summed E-state index contributed by atoms with van der Waals surface area (Å²) in [6, 6.07) is 5.32. The monoisotopic (exact) mass is 262 g/mol. The molecule has 1 fully saturated rings. The number of benzene rings is 1. The van der Waals surface area contributed by atoms with E-state index in [2.05, 4.69) is 10.2 Å². The molecule has 1 unspecified atom stereocenters. The van der Waals surface area contributed by atoms with Gasteiger partial charge in [0.1, 0.15) is 0 Å². The molecule has 1 aromatic carbocycles. The first-order chi connectivity index (χ1) is 8.97. The van der Waals surface area contributed by atoms with Gasteiger partial charge in [-0.15, -0.1) is 0 Å². The van der Waals surface area contributed by atoms with E-state index in [-0.39, 0.29) is 11.9 Å². The molecular weight excluding hydrogens is 244 g/mol. The van der Waals surface area contributed by atoms with Gasteiger partial charge in [-0.2, -0.15) is 0 Å². The summed E-state index contributed by atoms with van der Waals surface area (Å²) in [5.74, 6) is -0.919. The Kier molecular flexibility index (Phi) is 3.74. The van der Waals surface area contributed by atoms with Crippen LogP contribution in [0, 0.1) is 6.92 Å². The highest BCUT2D eigenvalue weighted by atomic mass is 16.4. The molecule has 1 amide bonds. The molecule has 1 atom stereocenters. The van der Waals surface area contributed by atoms with Gasteiger partial charge >= 0.3 is 5.97 Å². The number of aromatic carboxylic acids is 1. The number of carboxylic acid groups (broad SMARTS) is 1. The van der Waals surface area contributed by atoms with Gasteiger partial charge < -0.3 is 15.3 Å². The minimum absolute atomic E-state index is 0.00945. The summed E-state index contributed by atoms with van der Waals surface area (Å²) in [6.07, 6.45) is 0.916. The summed E-state index contributed by atoms with van der Waals surface area (Å²) in [7, 11) is 0. The average molecular weight is 262 g/mol. The highest BCUT2D eigenvalue weighted by Gasteiger charge is 2.24. The molecule has 0 radical (unpaired) electrons. The third-order valence-electron chi connectivity index (χ3n) is 3.38. The van der Waals surface area contributed by atoms with Crippen LogP contribution in [0.15, 0.2) is 18.2 Å². The van der Waals surface area contributed by atoms with E-state index in [1.165, 1.54) is 6.92 Å². The number of aryl methyl sites for hydroxylation is 1. The molecule has 1 aliphatic heterocycles. The second-order valence-corrected chi connectivity index (χ2v) is 4.94. The second-order valence-electron chi connectivity index (χ2n) is 4.94. The van der Waals surface area contributed by atoms with Crippen molar-refractivity contribution in [1.29, 1.82) is 0 Å². The molecule has 0 saturated carbocycles. The number of hydrogen-bond donors (Lipinski definition) is 2. The lowest BCUT2D eigenvalue weighted by Gasteiger charge is -2.21. The van der Waals surface area contributed by atoms with Crippen LogP contribution in [0.5, 0.6) is 0 Å². The molecule has 1 aromatic rings. The van der Waals surface area contributed by atoms with Gasteiger partial charge in [-0.1, -0.05) is 0 Å². The van der Waals surface area contributed by atoms with E-state index >= 15 is 0 Å². The van der Waals surface area contributed by atoms with Gasteiger partial charge in [0.2, 0.25) is 5.91 Å². The van der Waals surface area contributed by atoms with Gasteiger partial charge in [-0.25, -0.2) is 4.79 Å². The predicted molar refractivity (Wildman–Crippen MR) is 72.6 cm³/mol. The van der Waals surface area contributed by atoms with Crippen LogP contribution in [0.2, 0.25) is 0 Å². The quantitative estimate of drug-likeness (QED) is 0.864. The van der Waals surface area contributed by atoms with Crippen LogP contribution < -0.4 is 10.2 Å². The summed E-state index contributed by atoms with van der Waals surface area (Å²) < 4.78 is 0. The fourth-order valence-electron chi connectivity index (χ4n) is 2.53. The molecule has 2 rings (SSSR count). The lowest BCUT2D eigenvalue weighted by atomic mass is 10.1. The van der Waals surface area contributed by atoms with E-state index in [0.717, 1.165) is 30.8 Å². The SMILES string of the molecule is CC(=O)NC1CCN(c2ccc(C(=O)O)cc2C)C1. The first-order valence-electron chi connectivity index (χ1n) is 6.33. The fourth-order valence-corrected chi connectivity index (χ4v) is 2.53. The molecule has 2 N–H and O–H groups in total. The first-order valence-corrected chi connectivity index (χ1v) is 6.33. The molecule has 5 heteroatoms. The third kappa shape index (κ3) is 3.05. The Balaban J connectivity index is 2.11. The molecule has 0 aromatic heterocycles. The van der Waals surface area contributed by atoms with Crippen LogP contribution in [0.3, 0.4) is 0 Å². The van der Waals surface area contributed by atoms with E-state index in [1.54, 1.807) is 12.1 Å². The Bertz CT molecular complexity index is 513. The maximum absolute atomic E-state index is 11.0. The zero-order valence-electron chi connectivity index (χ0n) is 11.1. The number of carboxylic acids is 1. The van der Waals surface area contributed by atoms with Gasteiger partial charge in [0.05, 0.1) is 5.56 Å². The van der Waals surface area contributed by atoms with Crippen molar-refractivity contribution in [2.75, 3.05) is 18.0 Å². The topological polar surface area (TPSA) is 69.6 Å². The van der Waals surface area contributed by atoms with Crippen LogP contribution >= 0.6 is 0 Å². The van der Waals surface area contributed by atoms with Gasteiger partial charge in [0, 0.05) is 31.7 Å². The molecule has 102 valence electrons. The number of nitrogens with zero attached hydrogens (tertiary/aromatic N) is 1. The normalized spacial score (nSPS) is 18.4. The Morgan fingerprint density at radius 3 is 2.74 bits per heavy atom. The van der Waals surface area contributed by atoms with Gasteiger partial charge in [0.15, 0.2) is 0 Å². The van der Waals surface area contributed by atoms with Crippen molar-refractivity contribution in [2.45, 2.75) is 26.3 Å².